The summed E-state index contributed by atoms with van der Waals surface area (Å²) >= 11 is 0. The van der Waals surface area contributed by atoms with Crippen LogP contribution in [-0.4, -0.2) is 17.7 Å². The highest BCUT2D eigenvalue weighted by Gasteiger charge is 2.40. The zero-order valence-electron chi connectivity index (χ0n) is 14.4. The predicted molar refractivity (Wildman–Crippen MR) is 94.8 cm³/mol. The largest absolute Gasteiger partial charge is 0.493 e. The molecule has 24 heavy (non-hydrogen) atoms. The quantitative estimate of drug-likeness (QED) is 0.829. The summed E-state index contributed by atoms with van der Waals surface area (Å²) in [6, 6.07) is 8.49. The Morgan fingerprint density at radius 2 is 1.83 bits per heavy atom. The van der Waals surface area contributed by atoms with Gasteiger partial charge in [-0.2, -0.15) is 0 Å². The number of hydrogen-bond acceptors (Lipinski definition) is 3. The van der Waals surface area contributed by atoms with Gasteiger partial charge in [-0.1, -0.05) is 6.07 Å². The average molecular weight is 323 g/mol. The first-order valence-corrected chi connectivity index (χ1v) is 9.06. The van der Waals surface area contributed by atoms with Crippen molar-refractivity contribution in [1.82, 2.24) is 4.98 Å². The Kier molecular flexibility index (Phi) is 4.17. The molecule has 3 heteroatoms. The zero-order chi connectivity index (χ0) is 16.4. The van der Waals surface area contributed by atoms with Gasteiger partial charge in [0.2, 0.25) is 0 Å². The third-order valence-corrected chi connectivity index (χ3v) is 5.64. The molecule has 0 bridgehead atoms. The van der Waals surface area contributed by atoms with Gasteiger partial charge in [0.1, 0.15) is 5.60 Å². The molecular weight excluding hydrogens is 298 g/mol. The van der Waals surface area contributed by atoms with Crippen LogP contribution in [0, 0.1) is 0 Å². The molecule has 0 atom stereocenters. The minimum atomic E-state index is 0.0734. The molecular formula is C21H25NO2. The fraction of sp³-hybridized carbons (Fsp3) is 0.476. The number of pyridine rings is 1. The molecule has 1 aromatic heterocycles. The van der Waals surface area contributed by atoms with Crippen molar-refractivity contribution in [3.8, 4) is 11.5 Å². The van der Waals surface area contributed by atoms with Crippen molar-refractivity contribution in [2.45, 2.75) is 57.0 Å². The molecule has 2 aromatic rings. The van der Waals surface area contributed by atoms with E-state index in [0.29, 0.717) is 0 Å². The van der Waals surface area contributed by atoms with Gasteiger partial charge in [-0.3, -0.25) is 4.98 Å². The smallest absolute Gasteiger partial charge is 0.165 e. The van der Waals surface area contributed by atoms with Crippen molar-refractivity contribution in [3.63, 3.8) is 0 Å². The van der Waals surface area contributed by atoms with Crippen LogP contribution >= 0.6 is 0 Å². The SMILES string of the molecule is COc1ccc(CCc2ccncc2)c2c1OC1(CCCC1)CC2. The summed E-state index contributed by atoms with van der Waals surface area (Å²) in [6.45, 7) is 0. The Hall–Kier alpha value is -2.03. The number of benzene rings is 1. The third-order valence-electron chi connectivity index (χ3n) is 5.64. The normalized spacial score (nSPS) is 18.2. The molecule has 1 saturated carbocycles. The van der Waals surface area contributed by atoms with E-state index in [2.05, 4.69) is 29.2 Å². The molecule has 0 unspecified atom stereocenters. The molecule has 126 valence electrons. The van der Waals surface area contributed by atoms with Crippen molar-refractivity contribution >= 4 is 0 Å². The van der Waals surface area contributed by atoms with Gasteiger partial charge in [-0.15, -0.1) is 0 Å². The van der Waals surface area contributed by atoms with Crippen molar-refractivity contribution in [2.24, 2.45) is 0 Å². The fourth-order valence-corrected chi connectivity index (χ4v) is 4.25. The Labute approximate surface area is 144 Å². The van der Waals surface area contributed by atoms with Gasteiger partial charge in [0.25, 0.3) is 0 Å². The highest BCUT2D eigenvalue weighted by atomic mass is 16.5. The summed E-state index contributed by atoms with van der Waals surface area (Å²) in [7, 11) is 1.74. The number of nitrogens with zero attached hydrogens (tertiary/aromatic N) is 1. The number of aryl methyl sites for hydroxylation is 2. The molecule has 0 radical (unpaired) electrons. The molecule has 4 rings (SSSR count). The van der Waals surface area contributed by atoms with Crippen LogP contribution in [0.3, 0.4) is 0 Å². The second-order valence-electron chi connectivity index (χ2n) is 7.08. The molecule has 1 aromatic carbocycles. The highest BCUT2D eigenvalue weighted by molar-refractivity contribution is 5.52. The maximum absolute atomic E-state index is 6.56. The van der Waals surface area contributed by atoms with E-state index in [-0.39, 0.29) is 5.60 Å². The molecule has 1 aliphatic carbocycles. The van der Waals surface area contributed by atoms with Crippen molar-refractivity contribution < 1.29 is 9.47 Å². The summed E-state index contributed by atoms with van der Waals surface area (Å²) in [5, 5.41) is 0. The summed E-state index contributed by atoms with van der Waals surface area (Å²) < 4.78 is 12.2. The van der Waals surface area contributed by atoms with Crippen molar-refractivity contribution in [1.29, 1.82) is 0 Å². The lowest BCUT2D eigenvalue weighted by atomic mass is 9.86. The van der Waals surface area contributed by atoms with Gasteiger partial charge in [-0.05, 0) is 80.7 Å². The average Bonchev–Trinajstić information content (AvgIpc) is 3.08. The lowest BCUT2D eigenvalue weighted by molar-refractivity contribution is 0.0496. The summed E-state index contributed by atoms with van der Waals surface area (Å²) in [5.41, 5.74) is 4.17. The van der Waals surface area contributed by atoms with E-state index in [4.69, 9.17) is 9.47 Å². The van der Waals surface area contributed by atoms with Crippen LogP contribution in [0.15, 0.2) is 36.7 Å². The topological polar surface area (TPSA) is 31.4 Å². The maximum Gasteiger partial charge on any atom is 0.165 e. The Morgan fingerprint density at radius 1 is 1.04 bits per heavy atom. The number of hydrogen-bond donors (Lipinski definition) is 0. The van der Waals surface area contributed by atoms with E-state index in [0.717, 1.165) is 37.2 Å². The predicted octanol–water partition coefficient (Wildman–Crippen LogP) is 4.51. The van der Waals surface area contributed by atoms with Crippen LogP contribution in [0.2, 0.25) is 0 Å². The molecule has 3 nitrogen and oxygen atoms in total. The number of fused-ring (bicyclic) bond motifs is 1. The monoisotopic (exact) mass is 323 g/mol. The Balaban J connectivity index is 1.60. The first kappa shape index (κ1) is 15.5. The van der Waals surface area contributed by atoms with Crippen LogP contribution in [0.4, 0.5) is 0 Å². The van der Waals surface area contributed by atoms with Crippen molar-refractivity contribution in [2.75, 3.05) is 7.11 Å². The molecule has 2 aliphatic rings. The minimum Gasteiger partial charge on any atom is -0.493 e. The third kappa shape index (κ3) is 2.88. The van der Waals surface area contributed by atoms with Crippen molar-refractivity contribution in [3.05, 3.63) is 53.3 Å². The second kappa shape index (κ2) is 6.46. The van der Waals surface area contributed by atoms with Crippen LogP contribution in [0.1, 0.15) is 48.8 Å². The lowest BCUT2D eigenvalue weighted by Gasteiger charge is -2.37. The second-order valence-corrected chi connectivity index (χ2v) is 7.08. The molecule has 0 amide bonds. The summed E-state index contributed by atoms with van der Waals surface area (Å²) in [4.78, 5) is 4.10. The van der Waals surface area contributed by atoms with E-state index in [9.17, 15) is 0 Å². The Bertz CT molecular complexity index is 705. The molecule has 0 saturated heterocycles. The van der Waals surface area contributed by atoms with E-state index in [1.807, 2.05) is 12.4 Å². The van der Waals surface area contributed by atoms with Gasteiger partial charge in [0, 0.05) is 18.0 Å². The van der Waals surface area contributed by atoms with E-state index < -0.39 is 0 Å². The standard InChI is InChI=1S/C21H25NO2/c1-23-19-7-6-17(5-4-16-9-14-22-15-10-16)18-8-13-21(24-20(18)19)11-2-3-12-21/h6-7,9-10,14-15H,2-5,8,11-13H2,1H3. The zero-order valence-corrected chi connectivity index (χ0v) is 14.4. The highest BCUT2D eigenvalue weighted by Crippen LogP contribution is 2.47. The van der Waals surface area contributed by atoms with Gasteiger partial charge in [-0.25, -0.2) is 0 Å². The number of ether oxygens (including phenoxy) is 2. The van der Waals surface area contributed by atoms with E-state index in [1.54, 1.807) is 7.11 Å². The van der Waals surface area contributed by atoms with Crippen LogP contribution in [0.5, 0.6) is 11.5 Å². The number of aromatic nitrogens is 1. The lowest BCUT2D eigenvalue weighted by Crippen LogP contribution is -2.37. The summed E-state index contributed by atoms with van der Waals surface area (Å²) in [6.07, 6.45) is 13.0. The van der Waals surface area contributed by atoms with Crippen LogP contribution in [-0.2, 0) is 19.3 Å². The van der Waals surface area contributed by atoms with Gasteiger partial charge < -0.3 is 9.47 Å². The maximum atomic E-state index is 6.56. The van der Waals surface area contributed by atoms with E-state index in [1.165, 1.54) is 42.4 Å². The molecule has 1 spiro atoms. The molecule has 1 aliphatic heterocycles. The summed E-state index contributed by atoms with van der Waals surface area (Å²) in [5.74, 6) is 1.90. The fourth-order valence-electron chi connectivity index (χ4n) is 4.25. The Morgan fingerprint density at radius 3 is 2.58 bits per heavy atom. The molecule has 0 N–H and O–H groups in total. The molecule has 1 fully saturated rings. The van der Waals surface area contributed by atoms with E-state index >= 15 is 0 Å². The number of methoxy groups -OCH3 is 1. The first-order chi connectivity index (χ1) is 11.8. The first-order valence-electron chi connectivity index (χ1n) is 9.06. The van der Waals surface area contributed by atoms with Crippen LogP contribution in [0.25, 0.3) is 0 Å². The molecule has 2 heterocycles. The van der Waals surface area contributed by atoms with Crippen LogP contribution < -0.4 is 9.47 Å². The number of rotatable bonds is 4. The van der Waals surface area contributed by atoms with Gasteiger partial charge in [0.05, 0.1) is 7.11 Å². The van der Waals surface area contributed by atoms with Gasteiger partial charge >= 0.3 is 0 Å². The van der Waals surface area contributed by atoms with Gasteiger partial charge in [0.15, 0.2) is 11.5 Å². The minimum absolute atomic E-state index is 0.0734.